The summed E-state index contributed by atoms with van der Waals surface area (Å²) in [6, 6.07) is 7.52. The molecule has 1 aliphatic rings. The highest BCUT2D eigenvalue weighted by Crippen LogP contribution is 2.20. The fourth-order valence-electron chi connectivity index (χ4n) is 2.75. The van der Waals surface area contributed by atoms with Crippen molar-refractivity contribution in [1.82, 2.24) is 25.1 Å². The Bertz CT molecular complexity index is 726. The molecule has 1 atom stereocenters. The molecular formula is C16H23ClN6O3. The van der Waals surface area contributed by atoms with Crippen molar-refractivity contribution < 1.29 is 14.3 Å². The predicted octanol–water partition coefficient (Wildman–Crippen LogP) is 0.112. The number of halogens is 1. The molecule has 142 valence electrons. The van der Waals surface area contributed by atoms with E-state index in [2.05, 4.69) is 15.5 Å². The second-order valence-electron chi connectivity index (χ2n) is 5.82. The summed E-state index contributed by atoms with van der Waals surface area (Å²) >= 11 is 0. The largest absolute Gasteiger partial charge is 0.492 e. The van der Waals surface area contributed by atoms with Crippen LogP contribution in [0, 0.1) is 0 Å². The lowest BCUT2D eigenvalue weighted by molar-refractivity contribution is -0.138. The number of rotatable bonds is 6. The monoisotopic (exact) mass is 382 g/mol. The maximum absolute atomic E-state index is 12.6. The van der Waals surface area contributed by atoms with Gasteiger partial charge in [-0.1, -0.05) is 12.1 Å². The fraction of sp³-hybridized carbons (Fsp3) is 0.500. The molecule has 2 heterocycles. The number of benzene rings is 1. The number of amides is 1. The molecular weight excluding hydrogens is 360 g/mol. The Morgan fingerprint density at radius 2 is 2.31 bits per heavy atom. The molecule has 2 N–H and O–H groups in total. The van der Waals surface area contributed by atoms with Crippen LogP contribution in [-0.4, -0.2) is 63.9 Å². The van der Waals surface area contributed by atoms with Crippen molar-refractivity contribution in [2.24, 2.45) is 12.8 Å². The molecule has 9 nitrogen and oxygen atoms in total. The molecule has 3 rings (SSSR count). The van der Waals surface area contributed by atoms with Crippen LogP contribution in [-0.2, 0) is 23.0 Å². The first-order valence-corrected chi connectivity index (χ1v) is 8.21. The number of aromatic nitrogens is 4. The smallest absolute Gasteiger partial charge is 0.227 e. The number of aryl methyl sites for hydroxylation is 1. The highest BCUT2D eigenvalue weighted by Gasteiger charge is 2.28. The topological polar surface area (TPSA) is 108 Å². The van der Waals surface area contributed by atoms with Crippen molar-refractivity contribution in [2.75, 3.05) is 32.8 Å². The highest BCUT2D eigenvalue weighted by molar-refractivity contribution is 5.85. The van der Waals surface area contributed by atoms with Gasteiger partial charge in [0.2, 0.25) is 5.91 Å². The second-order valence-corrected chi connectivity index (χ2v) is 5.82. The Morgan fingerprint density at radius 3 is 3.04 bits per heavy atom. The van der Waals surface area contributed by atoms with Crippen LogP contribution in [0.1, 0.15) is 17.5 Å². The van der Waals surface area contributed by atoms with Gasteiger partial charge < -0.3 is 20.1 Å². The minimum absolute atomic E-state index is 0. The van der Waals surface area contributed by atoms with Gasteiger partial charge in [-0.25, -0.2) is 4.68 Å². The van der Waals surface area contributed by atoms with E-state index in [1.54, 1.807) is 16.6 Å². The maximum Gasteiger partial charge on any atom is 0.227 e. The summed E-state index contributed by atoms with van der Waals surface area (Å²) in [5.41, 5.74) is 6.35. The van der Waals surface area contributed by atoms with E-state index in [0.717, 1.165) is 11.3 Å². The summed E-state index contributed by atoms with van der Waals surface area (Å²) in [5, 5.41) is 11.4. The SMILES string of the molecule is Cl.Cn1nnnc1C1CN(C(=O)Cc2cccc(OCCN)c2)CCO1. The van der Waals surface area contributed by atoms with Gasteiger partial charge in [-0.15, -0.1) is 17.5 Å². The molecule has 0 bridgehead atoms. The number of carbonyl (C=O) groups is 1. The number of morpholine rings is 1. The van der Waals surface area contributed by atoms with Gasteiger partial charge in [-0.05, 0) is 28.1 Å². The number of ether oxygens (including phenoxy) is 2. The molecule has 0 aliphatic carbocycles. The average Bonchev–Trinajstić information content (AvgIpc) is 3.06. The molecule has 0 spiro atoms. The molecule has 0 radical (unpaired) electrons. The van der Waals surface area contributed by atoms with Gasteiger partial charge in [0.1, 0.15) is 18.5 Å². The van der Waals surface area contributed by atoms with Gasteiger partial charge in [-0.2, -0.15) is 0 Å². The molecule has 1 saturated heterocycles. The molecule has 1 aromatic heterocycles. The first-order valence-electron chi connectivity index (χ1n) is 8.21. The van der Waals surface area contributed by atoms with Crippen molar-refractivity contribution in [3.8, 4) is 5.75 Å². The first-order chi connectivity index (χ1) is 12.2. The van der Waals surface area contributed by atoms with E-state index in [0.29, 0.717) is 45.1 Å². The number of nitrogens with zero attached hydrogens (tertiary/aromatic N) is 5. The van der Waals surface area contributed by atoms with Crippen LogP contribution in [0.5, 0.6) is 5.75 Å². The zero-order valence-electron chi connectivity index (χ0n) is 14.6. The molecule has 1 amide bonds. The van der Waals surface area contributed by atoms with E-state index >= 15 is 0 Å². The maximum atomic E-state index is 12.6. The molecule has 10 heteroatoms. The van der Waals surface area contributed by atoms with Crippen LogP contribution in [0.3, 0.4) is 0 Å². The summed E-state index contributed by atoms with van der Waals surface area (Å²) in [5.74, 6) is 1.38. The number of tetrazole rings is 1. The minimum atomic E-state index is -0.308. The normalized spacial score (nSPS) is 16.8. The Kier molecular flexibility index (Phi) is 7.31. The van der Waals surface area contributed by atoms with Crippen molar-refractivity contribution in [2.45, 2.75) is 12.5 Å². The lowest BCUT2D eigenvalue weighted by atomic mass is 10.1. The number of nitrogens with two attached hydrogens (primary N) is 1. The van der Waals surface area contributed by atoms with E-state index in [9.17, 15) is 4.79 Å². The lowest BCUT2D eigenvalue weighted by Gasteiger charge is -2.32. The number of hydrogen-bond donors (Lipinski definition) is 1. The van der Waals surface area contributed by atoms with E-state index in [1.165, 1.54) is 0 Å². The van der Waals surface area contributed by atoms with Gasteiger partial charge in [0, 0.05) is 20.1 Å². The summed E-state index contributed by atoms with van der Waals surface area (Å²) < 4.78 is 12.8. The number of hydrogen-bond acceptors (Lipinski definition) is 7. The highest BCUT2D eigenvalue weighted by atomic mass is 35.5. The lowest BCUT2D eigenvalue weighted by Crippen LogP contribution is -2.43. The van der Waals surface area contributed by atoms with Crippen LogP contribution in [0.2, 0.25) is 0 Å². The zero-order valence-corrected chi connectivity index (χ0v) is 15.4. The van der Waals surface area contributed by atoms with E-state index in [4.69, 9.17) is 15.2 Å². The summed E-state index contributed by atoms with van der Waals surface area (Å²) in [6.07, 6.45) is 0.000732. The Hall–Kier alpha value is -2.23. The summed E-state index contributed by atoms with van der Waals surface area (Å²) in [7, 11) is 1.76. The van der Waals surface area contributed by atoms with E-state index in [-0.39, 0.29) is 24.4 Å². The van der Waals surface area contributed by atoms with Gasteiger partial charge in [-0.3, -0.25) is 4.79 Å². The molecule has 0 saturated carbocycles. The Labute approximate surface area is 157 Å². The third-order valence-corrected chi connectivity index (χ3v) is 4.00. The first kappa shape index (κ1) is 20.1. The van der Waals surface area contributed by atoms with Gasteiger partial charge in [0.25, 0.3) is 0 Å². The molecule has 1 aliphatic heterocycles. The van der Waals surface area contributed by atoms with Crippen LogP contribution in [0.25, 0.3) is 0 Å². The van der Waals surface area contributed by atoms with Crippen LogP contribution >= 0.6 is 12.4 Å². The standard InChI is InChI=1S/C16H22N6O3.ClH/c1-21-16(18-19-20-21)14-11-22(6-8-25-14)15(23)10-12-3-2-4-13(9-12)24-7-5-17;/h2-4,9,14H,5-8,10-11,17H2,1H3;1H. The van der Waals surface area contributed by atoms with Crippen LogP contribution in [0.15, 0.2) is 24.3 Å². The van der Waals surface area contributed by atoms with Crippen molar-refractivity contribution >= 4 is 18.3 Å². The van der Waals surface area contributed by atoms with Gasteiger partial charge >= 0.3 is 0 Å². The van der Waals surface area contributed by atoms with E-state index < -0.39 is 0 Å². The zero-order chi connectivity index (χ0) is 17.6. The molecule has 26 heavy (non-hydrogen) atoms. The average molecular weight is 383 g/mol. The van der Waals surface area contributed by atoms with Gasteiger partial charge in [0.05, 0.1) is 19.6 Å². The number of carbonyl (C=O) groups excluding carboxylic acids is 1. The molecule has 1 aromatic carbocycles. The van der Waals surface area contributed by atoms with Crippen molar-refractivity contribution in [3.63, 3.8) is 0 Å². The molecule has 1 fully saturated rings. The summed E-state index contributed by atoms with van der Waals surface area (Å²) in [6.45, 7) is 2.37. The quantitative estimate of drug-likeness (QED) is 0.755. The van der Waals surface area contributed by atoms with E-state index in [1.807, 2.05) is 24.3 Å². The summed E-state index contributed by atoms with van der Waals surface area (Å²) in [4.78, 5) is 14.4. The molecule has 1 unspecified atom stereocenters. The Balaban J connectivity index is 0.00000243. The van der Waals surface area contributed by atoms with Crippen molar-refractivity contribution in [1.29, 1.82) is 0 Å². The third kappa shape index (κ3) is 4.90. The fourth-order valence-corrected chi connectivity index (χ4v) is 2.75. The predicted molar refractivity (Wildman–Crippen MR) is 96.0 cm³/mol. The van der Waals surface area contributed by atoms with Crippen LogP contribution < -0.4 is 10.5 Å². The van der Waals surface area contributed by atoms with Crippen molar-refractivity contribution in [3.05, 3.63) is 35.7 Å². The van der Waals surface area contributed by atoms with Gasteiger partial charge in [0.15, 0.2) is 5.82 Å². The Morgan fingerprint density at radius 1 is 1.46 bits per heavy atom. The van der Waals surface area contributed by atoms with Crippen LogP contribution in [0.4, 0.5) is 0 Å². The third-order valence-electron chi connectivity index (χ3n) is 4.00. The molecule has 2 aromatic rings. The minimum Gasteiger partial charge on any atom is -0.492 e. The second kappa shape index (κ2) is 9.46.